The van der Waals surface area contributed by atoms with Gasteiger partial charge >= 0.3 is 0 Å². The number of thiophene rings is 1. The van der Waals surface area contributed by atoms with Crippen LogP contribution in [0.2, 0.25) is 5.02 Å². The lowest BCUT2D eigenvalue weighted by Crippen LogP contribution is -2.34. The first-order chi connectivity index (χ1) is 9.45. The van der Waals surface area contributed by atoms with E-state index in [1.165, 1.54) is 28.0 Å². The third-order valence-corrected chi connectivity index (χ3v) is 4.23. The number of aryl methyl sites for hydroxylation is 1. The summed E-state index contributed by atoms with van der Waals surface area (Å²) < 4.78 is 0. The van der Waals surface area contributed by atoms with E-state index < -0.39 is 0 Å². The van der Waals surface area contributed by atoms with Crippen molar-refractivity contribution in [3.8, 4) is 5.75 Å². The number of phenolic OH excluding ortho intramolecular Hbond substituents is 1. The Balaban J connectivity index is 2.02. The third-order valence-electron chi connectivity index (χ3n) is 2.88. The minimum Gasteiger partial charge on any atom is -0.508 e. The van der Waals surface area contributed by atoms with E-state index in [0.717, 1.165) is 6.42 Å². The summed E-state index contributed by atoms with van der Waals surface area (Å²) in [6.45, 7) is 4.01. The van der Waals surface area contributed by atoms with Crippen LogP contribution in [0.1, 0.15) is 27.0 Å². The molecule has 0 aliphatic heterocycles. The fourth-order valence-electron chi connectivity index (χ4n) is 1.94. The average Bonchev–Trinajstić information content (AvgIpc) is 2.77. The van der Waals surface area contributed by atoms with Crippen LogP contribution in [0.4, 0.5) is 0 Å². The smallest absolute Gasteiger partial charge is 0.253 e. The molecule has 1 amide bonds. The van der Waals surface area contributed by atoms with E-state index in [1.54, 1.807) is 11.3 Å². The van der Waals surface area contributed by atoms with Crippen LogP contribution in [0, 0.1) is 6.92 Å². The average molecular weight is 310 g/mol. The Bertz CT molecular complexity index is 624. The van der Waals surface area contributed by atoms with Crippen LogP contribution in [-0.2, 0) is 6.42 Å². The zero-order valence-electron chi connectivity index (χ0n) is 11.3. The van der Waals surface area contributed by atoms with Gasteiger partial charge in [0.15, 0.2) is 0 Å². The van der Waals surface area contributed by atoms with E-state index in [0.29, 0.717) is 10.6 Å². The second kappa shape index (κ2) is 6.29. The van der Waals surface area contributed by atoms with E-state index in [-0.39, 0.29) is 17.7 Å². The van der Waals surface area contributed by atoms with Gasteiger partial charge < -0.3 is 10.4 Å². The summed E-state index contributed by atoms with van der Waals surface area (Å²) in [4.78, 5) is 14.6. The summed E-state index contributed by atoms with van der Waals surface area (Å²) in [6.07, 6.45) is 0.778. The van der Waals surface area contributed by atoms with E-state index in [2.05, 4.69) is 24.4 Å². The Morgan fingerprint density at radius 2 is 2.15 bits per heavy atom. The molecule has 0 aliphatic rings. The summed E-state index contributed by atoms with van der Waals surface area (Å²) in [5.74, 6) is -0.243. The molecule has 1 aromatic heterocycles. The molecule has 20 heavy (non-hydrogen) atoms. The van der Waals surface area contributed by atoms with Gasteiger partial charge in [-0.05, 0) is 44.2 Å². The third kappa shape index (κ3) is 3.74. The van der Waals surface area contributed by atoms with Crippen molar-refractivity contribution in [1.29, 1.82) is 0 Å². The maximum absolute atomic E-state index is 12.1. The highest BCUT2D eigenvalue weighted by Crippen LogP contribution is 2.21. The molecule has 2 rings (SSSR count). The molecule has 3 nitrogen and oxygen atoms in total. The second-order valence-electron chi connectivity index (χ2n) is 4.76. The molecule has 1 unspecified atom stereocenters. The number of halogens is 1. The Hall–Kier alpha value is -1.52. The Labute approximate surface area is 127 Å². The lowest BCUT2D eigenvalue weighted by atomic mass is 10.1. The lowest BCUT2D eigenvalue weighted by molar-refractivity contribution is 0.0940. The van der Waals surface area contributed by atoms with Crippen molar-refractivity contribution < 1.29 is 9.90 Å². The van der Waals surface area contributed by atoms with Crippen LogP contribution in [0.3, 0.4) is 0 Å². The van der Waals surface area contributed by atoms with Gasteiger partial charge in [-0.1, -0.05) is 11.6 Å². The Kier molecular flexibility index (Phi) is 4.68. The van der Waals surface area contributed by atoms with Crippen molar-refractivity contribution in [2.75, 3.05) is 0 Å². The number of benzene rings is 1. The van der Waals surface area contributed by atoms with E-state index in [4.69, 9.17) is 11.6 Å². The van der Waals surface area contributed by atoms with E-state index >= 15 is 0 Å². The molecule has 1 heterocycles. The molecule has 1 atom stereocenters. The monoisotopic (exact) mass is 309 g/mol. The highest BCUT2D eigenvalue weighted by molar-refractivity contribution is 7.11. The van der Waals surface area contributed by atoms with Crippen LogP contribution < -0.4 is 5.32 Å². The number of carbonyl (C=O) groups excluding carboxylic acids is 1. The van der Waals surface area contributed by atoms with E-state index in [9.17, 15) is 9.90 Å². The summed E-state index contributed by atoms with van der Waals surface area (Å²) in [5, 5.41) is 12.6. The largest absolute Gasteiger partial charge is 0.508 e. The number of amides is 1. The number of rotatable bonds is 4. The SMILES string of the molecule is Cc1ccc(CC(C)NC(=O)c2cc(O)ccc2Cl)s1. The highest BCUT2D eigenvalue weighted by atomic mass is 35.5. The fourth-order valence-corrected chi connectivity index (χ4v) is 3.16. The Morgan fingerprint density at radius 3 is 2.80 bits per heavy atom. The zero-order valence-corrected chi connectivity index (χ0v) is 12.9. The topological polar surface area (TPSA) is 49.3 Å². The first-order valence-corrected chi connectivity index (χ1v) is 7.50. The number of carbonyl (C=O) groups is 1. The van der Waals surface area contributed by atoms with Crippen LogP contribution in [0.15, 0.2) is 30.3 Å². The van der Waals surface area contributed by atoms with Crippen LogP contribution in [0.5, 0.6) is 5.75 Å². The molecule has 1 aromatic carbocycles. The van der Waals surface area contributed by atoms with Crippen molar-refractivity contribution in [2.24, 2.45) is 0 Å². The van der Waals surface area contributed by atoms with Crippen LogP contribution in [0.25, 0.3) is 0 Å². The summed E-state index contributed by atoms with van der Waals surface area (Å²) in [7, 11) is 0. The van der Waals surface area contributed by atoms with Gasteiger partial charge in [0.2, 0.25) is 0 Å². The van der Waals surface area contributed by atoms with Gasteiger partial charge in [-0.15, -0.1) is 11.3 Å². The molecule has 0 bridgehead atoms. The number of nitrogens with one attached hydrogen (secondary N) is 1. The number of hydrogen-bond donors (Lipinski definition) is 2. The summed E-state index contributed by atoms with van der Waals surface area (Å²) >= 11 is 7.70. The molecule has 2 aromatic rings. The van der Waals surface area contributed by atoms with Crippen LogP contribution >= 0.6 is 22.9 Å². The van der Waals surface area contributed by atoms with E-state index in [1.807, 2.05) is 6.92 Å². The molecule has 106 valence electrons. The second-order valence-corrected chi connectivity index (χ2v) is 6.53. The predicted octanol–water partition coefficient (Wildman–Crippen LogP) is 3.78. The maximum atomic E-state index is 12.1. The minimum absolute atomic E-state index is 0.000958. The van der Waals surface area contributed by atoms with Crippen molar-refractivity contribution in [3.63, 3.8) is 0 Å². The predicted molar refractivity (Wildman–Crippen MR) is 82.8 cm³/mol. The zero-order chi connectivity index (χ0) is 14.7. The van der Waals surface area contributed by atoms with Gasteiger partial charge in [-0.3, -0.25) is 4.79 Å². The molecular formula is C15H16ClNO2S. The molecule has 0 fully saturated rings. The number of phenols is 1. The molecule has 5 heteroatoms. The normalized spacial score (nSPS) is 12.2. The van der Waals surface area contributed by atoms with Gasteiger partial charge in [0.05, 0.1) is 10.6 Å². The minimum atomic E-state index is -0.272. The van der Waals surface area contributed by atoms with Crippen molar-refractivity contribution in [1.82, 2.24) is 5.32 Å². The number of aromatic hydroxyl groups is 1. The standard InChI is InChI=1S/C15H16ClNO2S/c1-9(7-12-5-3-10(2)20-12)17-15(19)13-8-11(18)4-6-14(13)16/h3-6,8-9,18H,7H2,1-2H3,(H,17,19). The lowest BCUT2D eigenvalue weighted by Gasteiger charge is -2.13. The fraction of sp³-hybridized carbons (Fsp3) is 0.267. The highest BCUT2D eigenvalue weighted by Gasteiger charge is 2.14. The van der Waals surface area contributed by atoms with Gasteiger partial charge in [-0.2, -0.15) is 0 Å². The van der Waals surface area contributed by atoms with Crippen LogP contribution in [-0.4, -0.2) is 17.1 Å². The maximum Gasteiger partial charge on any atom is 0.253 e. The van der Waals surface area contributed by atoms with Crippen molar-refractivity contribution >= 4 is 28.8 Å². The molecule has 0 aliphatic carbocycles. The van der Waals surface area contributed by atoms with Crippen molar-refractivity contribution in [3.05, 3.63) is 50.7 Å². The quantitative estimate of drug-likeness (QED) is 0.903. The first kappa shape index (κ1) is 14.9. The molecule has 2 N–H and O–H groups in total. The van der Waals surface area contributed by atoms with Crippen molar-refractivity contribution in [2.45, 2.75) is 26.3 Å². The molecule has 0 radical (unpaired) electrons. The van der Waals surface area contributed by atoms with Gasteiger partial charge in [0.25, 0.3) is 5.91 Å². The molecule has 0 saturated carbocycles. The Morgan fingerprint density at radius 1 is 1.40 bits per heavy atom. The van der Waals surface area contributed by atoms with Gasteiger partial charge in [0.1, 0.15) is 5.75 Å². The molecule has 0 spiro atoms. The summed E-state index contributed by atoms with van der Waals surface area (Å²) in [5.41, 5.74) is 0.292. The first-order valence-electron chi connectivity index (χ1n) is 6.30. The summed E-state index contributed by atoms with van der Waals surface area (Å²) in [6, 6.07) is 8.49. The molecule has 0 saturated heterocycles. The molecular weight excluding hydrogens is 294 g/mol. The van der Waals surface area contributed by atoms with Gasteiger partial charge in [0, 0.05) is 22.2 Å². The number of hydrogen-bond acceptors (Lipinski definition) is 3. The van der Waals surface area contributed by atoms with Gasteiger partial charge in [-0.25, -0.2) is 0 Å².